The lowest BCUT2D eigenvalue weighted by atomic mass is 10.2. The van der Waals surface area contributed by atoms with E-state index in [0.29, 0.717) is 31.7 Å². The zero-order chi connectivity index (χ0) is 16.9. The SMILES string of the molecule is O=C(Nc1ccccc1)N1CCN(C(=O)c2ccccc2Br)CC1. The Kier molecular flexibility index (Phi) is 5.15. The Morgan fingerprint density at radius 1 is 0.833 bits per heavy atom. The van der Waals surface area contributed by atoms with E-state index >= 15 is 0 Å². The third kappa shape index (κ3) is 3.76. The normalized spacial score (nSPS) is 14.4. The predicted octanol–water partition coefficient (Wildman–Crippen LogP) is 3.44. The molecule has 0 atom stereocenters. The fraction of sp³-hybridized carbons (Fsp3) is 0.222. The molecule has 3 rings (SSSR count). The number of hydrogen-bond donors (Lipinski definition) is 1. The number of urea groups is 1. The molecule has 1 N–H and O–H groups in total. The fourth-order valence-corrected chi connectivity index (χ4v) is 3.10. The number of nitrogens with one attached hydrogen (secondary N) is 1. The highest BCUT2D eigenvalue weighted by Crippen LogP contribution is 2.19. The first-order valence-corrected chi connectivity index (χ1v) is 8.59. The molecule has 24 heavy (non-hydrogen) atoms. The number of amides is 3. The Labute approximate surface area is 149 Å². The maximum absolute atomic E-state index is 12.6. The van der Waals surface area contributed by atoms with Crippen LogP contribution in [0.4, 0.5) is 10.5 Å². The third-order valence-electron chi connectivity index (χ3n) is 3.98. The van der Waals surface area contributed by atoms with Crippen molar-refractivity contribution >= 4 is 33.6 Å². The van der Waals surface area contributed by atoms with Gasteiger partial charge in [0, 0.05) is 36.3 Å². The van der Waals surface area contributed by atoms with E-state index in [9.17, 15) is 9.59 Å². The molecule has 2 aromatic rings. The summed E-state index contributed by atoms with van der Waals surface area (Å²) >= 11 is 3.41. The molecule has 0 radical (unpaired) electrons. The van der Waals surface area contributed by atoms with Crippen LogP contribution in [0.15, 0.2) is 59.1 Å². The van der Waals surface area contributed by atoms with Gasteiger partial charge in [0.05, 0.1) is 5.56 Å². The molecule has 2 aromatic carbocycles. The molecule has 5 nitrogen and oxygen atoms in total. The largest absolute Gasteiger partial charge is 0.335 e. The van der Waals surface area contributed by atoms with E-state index in [1.54, 1.807) is 15.9 Å². The van der Waals surface area contributed by atoms with Crippen molar-refractivity contribution in [1.82, 2.24) is 9.80 Å². The van der Waals surface area contributed by atoms with Crippen molar-refractivity contribution in [2.24, 2.45) is 0 Å². The van der Waals surface area contributed by atoms with Crippen LogP contribution in [-0.2, 0) is 0 Å². The van der Waals surface area contributed by atoms with E-state index in [1.807, 2.05) is 48.5 Å². The summed E-state index contributed by atoms with van der Waals surface area (Å²) in [7, 11) is 0. The van der Waals surface area contributed by atoms with Gasteiger partial charge in [0.25, 0.3) is 5.91 Å². The molecule has 1 heterocycles. The Morgan fingerprint density at radius 2 is 1.42 bits per heavy atom. The van der Waals surface area contributed by atoms with Crippen LogP contribution in [0.1, 0.15) is 10.4 Å². The van der Waals surface area contributed by atoms with Crippen LogP contribution in [0.25, 0.3) is 0 Å². The number of piperazine rings is 1. The van der Waals surface area contributed by atoms with Gasteiger partial charge in [-0.1, -0.05) is 30.3 Å². The summed E-state index contributed by atoms with van der Waals surface area (Å²) in [6, 6.07) is 16.6. The molecule has 0 saturated carbocycles. The van der Waals surface area contributed by atoms with Crippen molar-refractivity contribution in [3.63, 3.8) is 0 Å². The van der Waals surface area contributed by atoms with E-state index in [0.717, 1.165) is 10.2 Å². The number of para-hydroxylation sites is 1. The van der Waals surface area contributed by atoms with Gasteiger partial charge >= 0.3 is 6.03 Å². The van der Waals surface area contributed by atoms with Gasteiger partial charge < -0.3 is 15.1 Å². The van der Waals surface area contributed by atoms with Crippen molar-refractivity contribution in [2.45, 2.75) is 0 Å². The average Bonchev–Trinajstić information content (AvgIpc) is 2.62. The highest BCUT2D eigenvalue weighted by Gasteiger charge is 2.25. The van der Waals surface area contributed by atoms with Crippen molar-refractivity contribution in [3.8, 4) is 0 Å². The van der Waals surface area contributed by atoms with Gasteiger partial charge in [-0.2, -0.15) is 0 Å². The second-order valence-corrected chi connectivity index (χ2v) is 6.41. The monoisotopic (exact) mass is 387 g/mol. The predicted molar refractivity (Wildman–Crippen MR) is 97.1 cm³/mol. The van der Waals surface area contributed by atoms with Gasteiger partial charge in [0.2, 0.25) is 0 Å². The topological polar surface area (TPSA) is 52.7 Å². The Balaban J connectivity index is 1.57. The molecular weight excluding hydrogens is 370 g/mol. The molecule has 124 valence electrons. The lowest BCUT2D eigenvalue weighted by molar-refractivity contribution is 0.0671. The molecule has 0 unspecified atom stereocenters. The fourth-order valence-electron chi connectivity index (χ4n) is 2.64. The highest BCUT2D eigenvalue weighted by atomic mass is 79.9. The summed E-state index contributed by atoms with van der Waals surface area (Å²) in [6.07, 6.45) is 0. The molecule has 0 aliphatic carbocycles. The van der Waals surface area contributed by atoms with Crippen molar-refractivity contribution in [3.05, 3.63) is 64.6 Å². The van der Waals surface area contributed by atoms with Crippen molar-refractivity contribution in [1.29, 1.82) is 0 Å². The minimum Gasteiger partial charge on any atom is -0.335 e. The second-order valence-electron chi connectivity index (χ2n) is 5.56. The average molecular weight is 388 g/mol. The number of nitrogens with zero attached hydrogens (tertiary/aromatic N) is 2. The Morgan fingerprint density at radius 3 is 2.08 bits per heavy atom. The minimum absolute atomic E-state index is 0.00871. The van der Waals surface area contributed by atoms with Crippen LogP contribution < -0.4 is 5.32 Å². The molecule has 6 heteroatoms. The van der Waals surface area contributed by atoms with Gasteiger partial charge in [-0.05, 0) is 40.2 Å². The summed E-state index contributed by atoms with van der Waals surface area (Å²) < 4.78 is 0.791. The molecular formula is C18H18BrN3O2. The molecule has 0 aromatic heterocycles. The van der Waals surface area contributed by atoms with Crippen LogP contribution in [0.2, 0.25) is 0 Å². The summed E-state index contributed by atoms with van der Waals surface area (Å²) in [4.78, 5) is 28.4. The van der Waals surface area contributed by atoms with Gasteiger partial charge in [0.1, 0.15) is 0 Å². The van der Waals surface area contributed by atoms with Crippen molar-refractivity contribution in [2.75, 3.05) is 31.5 Å². The van der Waals surface area contributed by atoms with Crippen LogP contribution in [0.5, 0.6) is 0 Å². The standard InChI is InChI=1S/C18H18BrN3O2/c19-16-9-5-4-8-15(16)17(23)21-10-12-22(13-11-21)18(24)20-14-6-2-1-3-7-14/h1-9H,10-13H2,(H,20,24). The first-order chi connectivity index (χ1) is 11.6. The molecule has 0 bridgehead atoms. The summed E-state index contributed by atoms with van der Waals surface area (Å²) in [5.74, 6) is -0.00871. The lowest BCUT2D eigenvalue weighted by Crippen LogP contribution is -2.51. The van der Waals surface area contributed by atoms with Crippen LogP contribution in [-0.4, -0.2) is 47.9 Å². The van der Waals surface area contributed by atoms with Crippen LogP contribution in [0.3, 0.4) is 0 Å². The molecule has 1 saturated heterocycles. The van der Waals surface area contributed by atoms with E-state index in [-0.39, 0.29) is 11.9 Å². The number of rotatable bonds is 2. The molecule has 0 spiro atoms. The molecule has 1 aliphatic heterocycles. The number of anilines is 1. The van der Waals surface area contributed by atoms with Gasteiger partial charge in [-0.15, -0.1) is 0 Å². The highest BCUT2D eigenvalue weighted by molar-refractivity contribution is 9.10. The maximum Gasteiger partial charge on any atom is 0.321 e. The third-order valence-corrected chi connectivity index (χ3v) is 4.67. The Hall–Kier alpha value is -2.34. The maximum atomic E-state index is 12.6. The zero-order valence-corrected chi connectivity index (χ0v) is 14.7. The summed E-state index contributed by atoms with van der Waals surface area (Å²) in [5, 5.41) is 2.87. The smallest absolute Gasteiger partial charge is 0.321 e. The quantitative estimate of drug-likeness (QED) is 0.857. The van der Waals surface area contributed by atoms with Gasteiger partial charge in [0.15, 0.2) is 0 Å². The number of carbonyl (C=O) groups is 2. The summed E-state index contributed by atoms with van der Waals surface area (Å²) in [6.45, 7) is 2.11. The van der Waals surface area contributed by atoms with E-state index in [1.165, 1.54) is 0 Å². The van der Waals surface area contributed by atoms with E-state index in [2.05, 4.69) is 21.2 Å². The second kappa shape index (κ2) is 7.49. The molecule has 1 fully saturated rings. The number of carbonyl (C=O) groups excluding carboxylic acids is 2. The molecule has 1 aliphatic rings. The minimum atomic E-state index is -0.130. The number of benzene rings is 2. The van der Waals surface area contributed by atoms with Crippen LogP contribution >= 0.6 is 15.9 Å². The first-order valence-electron chi connectivity index (χ1n) is 7.80. The number of hydrogen-bond acceptors (Lipinski definition) is 2. The zero-order valence-electron chi connectivity index (χ0n) is 13.1. The summed E-state index contributed by atoms with van der Waals surface area (Å²) in [5.41, 5.74) is 1.42. The van der Waals surface area contributed by atoms with Crippen molar-refractivity contribution < 1.29 is 9.59 Å². The van der Waals surface area contributed by atoms with Gasteiger partial charge in [-0.25, -0.2) is 4.79 Å². The molecule has 3 amide bonds. The number of halogens is 1. The Bertz CT molecular complexity index is 728. The van der Waals surface area contributed by atoms with E-state index in [4.69, 9.17) is 0 Å². The van der Waals surface area contributed by atoms with E-state index < -0.39 is 0 Å². The van der Waals surface area contributed by atoms with Gasteiger partial charge in [-0.3, -0.25) is 4.79 Å². The first kappa shape index (κ1) is 16.5. The van der Waals surface area contributed by atoms with Crippen LogP contribution in [0, 0.1) is 0 Å². The lowest BCUT2D eigenvalue weighted by Gasteiger charge is -2.34.